The third-order valence-electron chi connectivity index (χ3n) is 2.95. The predicted molar refractivity (Wildman–Crippen MR) is 46.5 cm³/mol. The summed E-state index contributed by atoms with van der Waals surface area (Å²) in [6.07, 6.45) is 3.17. The Balaban J connectivity index is 1.83. The molecule has 2 aliphatic rings. The molecular weight excluding hydrogens is 152 g/mol. The lowest BCUT2D eigenvalue weighted by Crippen LogP contribution is -2.68. The average Bonchev–Trinajstić information content (AvgIpc) is 2.79. The van der Waals surface area contributed by atoms with Crippen molar-refractivity contribution in [3.05, 3.63) is 0 Å². The predicted octanol–water partition coefficient (Wildman–Crippen LogP) is 0.346. The Labute approximate surface area is 72.9 Å². The van der Waals surface area contributed by atoms with E-state index in [2.05, 4.69) is 6.92 Å². The van der Waals surface area contributed by atoms with Crippen LogP contribution in [0.3, 0.4) is 0 Å². The number of nitrogens with two attached hydrogens (primary N) is 1. The standard InChI is InChI=1S/C9H16N2O/c1-2-9(10)5-11(6-9)8(12)7-3-4-7/h7H,2-6,10H2,1H3. The second kappa shape index (κ2) is 2.46. The van der Waals surface area contributed by atoms with Crippen molar-refractivity contribution >= 4 is 5.91 Å². The summed E-state index contributed by atoms with van der Waals surface area (Å²) < 4.78 is 0. The van der Waals surface area contributed by atoms with Crippen LogP contribution in [0.15, 0.2) is 0 Å². The van der Waals surface area contributed by atoms with E-state index >= 15 is 0 Å². The number of likely N-dealkylation sites (tertiary alicyclic amines) is 1. The number of carbonyl (C=O) groups excluding carboxylic acids is 1. The van der Waals surface area contributed by atoms with Gasteiger partial charge in [-0.2, -0.15) is 0 Å². The number of hydrogen-bond acceptors (Lipinski definition) is 2. The van der Waals surface area contributed by atoms with E-state index in [1.807, 2.05) is 4.90 Å². The molecular formula is C9H16N2O. The summed E-state index contributed by atoms with van der Waals surface area (Å²) in [6.45, 7) is 3.64. The second-order valence-corrected chi connectivity index (χ2v) is 4.18. The van der Waals surface area contributed by atoms with E-state index in [0.717, 1.165) is 32.4 Å². The van der Waals surface area contributed by atoms with Crippen LogP contribution in [0.1, 0.15) is 26.2 Å². The quantitative estimate of drug-likeness (QED) is 0.646. The largest absolute Gasteiger partial charge is 0.339 e. The molecule has 1 saturated heterocycles. The van der Waals surface area contributed by atoms with E-state index in [1.54, 1.807) is 0 Å². The number of hydrogen-bond donors (Lipinski definition) is 1. The third-order valence-corrected chi connectivity index (χ3v) is 2.95. The first-order valence-corrected chi connectivity index (χ1v) is 4.72. The molecule has 0 bridgehead atoms. The molecule has 0 aromatic carbocycles. The van der Waals surface area contributed by atoms with Gasteiger partial charge in [0.1, 0.15) is 0 Å². The number of nitrogens with zero attached hydrogens (tertiary/aromatic N) is 1. The fourth-order valence-electron chi connectivity index (χ4n) is 1.68. The Bertz CT molecular complexity index is 205. The maximum atomic E-state index is 11.5. The molecule has 68 valence electrons. The van der Waals surface area contributed by atoms with E-state index in [9.17, 15) is 4.79 Å². The summed E-state index contributed by atoms with van der Waals surface area (Å²) in [6, 6.07) is 0. The fraction of sp³-hybridized carbons (Fsp3) is 0.889. The third kappa shape index (κ3) is 1.22. The molecule has 3 nitrogen and oxygen atoms in total. The molecule has 3 heteroatoms. The van der Waals surface area contributed by atoms with Crippen molar-refractivity contribution in [3.8, 4) is 0 Å². The highest BCUT2D eigenvalue weighted by atomic mass is 16.2. The molecule has 12 heavy (non-hydrogen) atoms. The normalized spacial score (nSPS) is 26.7. The molecule has 0 radical (unpaired) electrons. The Morgan fingerprint density at radius 3 is 2.58 bits per heavy atom. The maximum Gasteiger partial charge on any atom is 0.225 e. The first-order chi connectivity index (χ1) is 5.64. The van der Waals surface area contributed by atoms with Crippen LogP contribution < -0.4 is 5.73 Å². The van der Waals surface area contributed by atoms with E-state index in [0.29, 0.717) is 11.8 Å². The van der Waals surface area contributed by atoms with Crippen LogP contribution in [0.2, 0.25) is 0 Å². The Morgan fingerprint density at radius 1 is 1.58 bits per heavy atom. The number of amides is 1. The van der Waals surface area contributed by atoms with Gasteiger partial charge in [0.25, 0.3) is 0 Å². The Morgan fingerprint density at radius 2 is 2.17 bits per heavy atom. The van der Waals surface area contributed by atoms with E-state index in [-0.39, 0.29) is 5.54 Å². The second-order valence-electron chi connectivity index (χ2n) is 4.18. The first-order valence-electron chi connectivity index (χ1n) is 4.72. The van der Waals surface area contributed by atoms with E-state index in [1.165, 1.54) is 0 Å². The van der Waals surface area contributed by atoms with Gasteiger partial charge in [-0.3, -0.25) is 4.79 Å². The Hall–Kier alpha value is -0.570. The van der Waals surface area contributed by atoms with Crippen molar-refractivity contribution in [2.24, 2.45) is 11.7 Å². The molecule has 2 N–H and O–H groups in total. The van der Waals surface area contributed by atoms with Crippen LogP contribution >= 0.6 is 0 Å². The lowest BCUT2D eigenvalue weighted by molar-refractivity contribution is -0.140. The van der Waals surface area contributed by atoms with Crippen LogP contribution in [-0.2, 0) is 4.79 Å². The minimum atomic E-state index is -0.0649. The average molecular weight is 168 g/mol. The van der Waals surface area contributed by atoms with Crippen molar-refractivity contribution < 1.29 is 4.79 Å². The topological polar surface area (TPSA) is 46.3 Å². The van der Waals surface area contributed by atoms with Crippen molar-refractivity contribution in [1.82, 2.24) is 4.90 Å². The van der Waals surface area contributed by atoms with Crippen molar-refractivity contribution in [1.29, 1.82) is 0 Å². The van der Waals surface area contributed by atoms with Gasteiger partial charge in [0.15, 0.2) is 0 Å². The van der Waals surface area contributed by atoms with Gasteiger partial charge in [0.05, 0.1) is 5.54 Å². The number of rotatable bonds is 2. The van der Waals surface area contributed by atoms with Gasteiger partial charge >= 0.3 is 0 Å². The molecule has 0 unspecified atom stereocenters. The fourth-order valence-corrected chi connectivity index (χ4v) is 1.68. The lowest BCUT2D eigenvalue weighted by Gasteiger charge is -2.47. The monoisotopic (exact) mass is 168 g/mol. The molecule has 0 spiro atoms. The molecule has 1 heterocycles. The molecule has 1 aliphatic carbocycles. The van der Waals surface area contributed by atoms with Crippen LogP contribution in [0.4, 0.5) is 0 Å². The minimum absolute atomic E-state index is 0.0649. The van der Waals surface area contributed by atoms with Gasteiger partial charge in [0.2, 0.25) is 5.91 Å². The highest BCUT2D eigenvalue weighted by Crippen LogP contribution is 2.34. The van der Waals surface area contributed by atoms with Gasteiger partial charge in [-0.05, 0) is 19.3 Å². The van der Waals surface area contributed by atoms with Gasteiger partial charge in [-0.25, -0.2) is 0 Å². The molecule has 1 saturated carbocycles. The summed E-state index contributed by atoms with van der Waals surface area (Å²) in [5, 5.41) is 0. The smallest absolute Gasteiger partial charge is 0.225 e. The van der Waals surface area contributed by atoms with E-state index < -0.39 is 0 Å². The zero-order chi connectivity index (χ0) is 8.77. The molecule has 1 amide bonds. The molecule has 0 aromatic rings. The van der Waals surface area contributed by atoms with Crippen molar-refractivity contribution in [2.45, 2.75) is 31.7 Å². The molecule has 0 aromatic heterocycles. The zero-order valence-electron chi connectivity index (χ0n) is 7.55. The van der Waals surface area contributed by atoms with Gasteiger partial charge < -0.3 is 10.6 Å². The summed E-state index contributed by atoms with van der Waals surface area (Å²) in [5.74, 6) is 0.691. The molecule has 0 atom stereocenters. The highest BCUT2D eigenvalue weighted by Gasteiger charge is 2.44. The van der Waals surface area contributed by atoms with Crippen LogP contribution in [0, 0.1) is 5.92 Å². The van der Waals surface area contributed by atoms with Gasteiger partial charge in [-0.1, -0.05) is 6.92 Å². The van der Waals surface area contributed by atoms with Gasteiger partial charge in [0, 0.05) is 19.0 Å². The minimum Gasteiger partial charge on any atom is -0.339 e. The summed E-state index contributed by atoms with van der Waals surface area (Å²) in [7, 11) is 0. The van der Waals surface area contributed by atoms with Crippen LogP contribution in [-0.4, -0.2) is 29.4 Å². The van der Waals surface area contributed by atoms with Crippen LogP contribution in [0.25, 0.3) is 0 Å². The summed E-state index contributed by atoms with van der Waals surface area (Å²) in [5.41, 5.74) is 5.89. The molecule has 2 fully saturated rings. The maximum absolute atomic E-state index is 11.5. The van der Waals surface area contributed by atoms with Crippen molar-refractivity contribution in [3.63, 3.8) is 0 Å². The lowest BCUT2D eigenvalue weighted by atomic mass is 9.88. The first kappa shape index (κ1) is 8.05. The Kier molecular flexibility index (Phi) is 1.65. The highest BCUT2D eigenvalue weighted by molar-refractivity contribution is 5.82. The van der Waals surface area contributed by atoms with Crippen LogP contribution in [0.5, 0.6) is 0 Å². The van der Waals surface area contributed by atoms with Gasteiger partial charge in [-0.15, -0.1) is 0 Å². The van der Waals surface area contributed by atoms with E-state index in [4.69, 9.17) is 5.73 Å². The summed E-state index contributed by atoms with van der Waals surface area (Å²) in [4.78, 5) is 13.4. The molecule has 2 rings (SSSR count). The number of carbonyl (C=O) groups is 1. The molecule has 1 aliphatic heterocycles. The van der Waals surface area contributed by atoms with Crippen molar-refractivity contribution in [2.75, 3.05) is 13.1 Å². The zero-order valence-corrected chi connectivity index (χ0v) is 7.55. The SMILES string of the molecule is CCC1(N)CN(C(=O)C2CC2)C1. The summed E-state index contributed by atoms with van der Waals surface area (Å²) >= 11 is 0.